The fourth-order valence-corrected chi connectivity index (χ4v) is 1.57. The van der Waals surface area contributed by atoms with Crippen LogP contribution in [0, 0.1) is 13.8 Å². The van der Waals surface area contributed by atoms with Crippen molar-refractivity contribution in [2.45, 2.75) is 27.7 Å². The van der Waals surface area contributed by atoms with Crippen LogP contribution >= 0.6 is 0 Å². The van der Waals surface area contributed by atoms with Gasteiger partial charge >= 0.3 is 0 Å². The van der Waals surface area contributed by atoms with Crippen LogP contribution in [0.25, 0.3) is 0 Å². The monoisotopic (exact) mass is 217 g/mol. The molecule has 1 aromatic heterocycles. The molecule has 0 aliphatic rings. The fraction of sp³-hybridized carbons (Fsp3) is 0.429. The van der Waals surface area contributed by atoms with Crippen molar-refractivity contribution in [3.05, 3.63) is 40.7 Å². The Morgan fingerprint density at radius 2 is 1.88 bits per heavy atom. The summed E-state index contributed by atoms with van der Waals surface area (Å²) in [5.74, 6) is 0. The first-order valence-corrected chi connectivity index (χ1v) is 5.55. The van der Waals surface area contributed by atoms with Gasteiger partial charge in [-0.25, -0.2) is 9.56 Å². The lowest BCUT2D eigenvalue weighted by Crippen LogP contribution is -2.16. The van der Waals surface area contributed by atoms with Gasteiger partial charge in [0.05, 0.1) is 0 Å². The molecule has 2 heteroatoms. The Morgan fingerprint density at radius 1 is 1.25 bits per heavy atom. The van der Waals surface area contributed by atoms with Gasteiger partial charge in [0.2, 0.25) is 5.71 Å². The zero-order valence-corrected chi connectivity index (χ0v) is 11.1. The number of hydrogen-bond acceptors (Lipinski definition) is 1. The molecule has 0 fully saturated rings. The highest BCUT2D eigenvalue weighted by Gasteiger charge is 2.14. The minimum absolute atomic E-state index is 1.08. The SMILES string of the molecule is CC(C)=CC(c1nccc(C)c1C)=[N+](C)C. The molecule has 0 saturated carbocycles. The normalized spacial score (nSPS) is 9.88. The van der Waals surface area contributed by atoms with Gasteiger partial charge in [-0.15, -0.1) is 0 Å². The van der Waals surface area contributed by atoms with E-state index in [1.165, 1.54) is 22.4 Å². The number of pyridine rings is 1. The Balaban J connectivity index is 3.41. The van der Waals surface area contributed by atoms with Crippen molar-refractivity contribution in [1.82, 2.24) is 4.98 Å². The summed E-state index contributed by atoms with van der Waals surface area (Å²) in [4.78, 5) is 4.49. The van der Waals surface area contributed by atoms with E-state index in [4.69, 9.17) is 0 Å². The van der Waals surface area contributed by atoms with Crippen molar-refractivity contribution in [1.29, 1.82) is 0 Å². The molecule has 0 aliphatic heterocycles. The van der Waals surface area contributed by atoms with Gasteiger partial charge in [0.15, 0.2) is 0 Å². The quantitative estimate of drug-likeness (QED) is 0.549. The van der Waals surface area contributed by atoms with Crippen molar-refractivity contribution >= 4 is 5.71 Å². The average Bonchev–Trinajstić information content (AvgIpc) is 2.18. The number of allylic oxidation sites excluding steroid dienone is 2. The Kier molecular flexibility index (Phi) is 3.99. The van der Waals surface area contributed by atoms with Crippen LogP contribution in [0.15, 0.2) is 23.9 Å². The lowest BCUT2D eigenvalue weighted by Gasteiger charge is -2.06. The van der Waals surface area contributed by atoms with Crippen molar-refractivity contribution < 1.29 is 4.58 Å². The Morgan fingerprint density at radius 3 is 2.38 bits per heavy atom. The van der Waals surface area contributed by atoms with Gasteiger partial charge in [-0.2, -0.15) is 0 Å². The van der Waals surface area contributed by atoms with Crippen LogP contribution in [0.3, 0.4) is 0 Å². The smallest absolute Gasteiger partial charge is 0.225 e. The third kappa shape index (κ3) is 2.78. The fourth-order valence-electron chi connectivity index (χ4n) is 1.57. The van der Waals surface area contributed by atoms with Crippen LogP contribution in [-0.4, -0.2) is 29.4 Å². The summed E-state index contributed by atoms with van der Waals surface area (Å²) in [7, 11) is 4.11. The van der Waals surface area contributed by atoms with Crippen molar-refractivity contribution in [2.75, 3.05) is 14.1 Å². The summed E-state index contributed by atoms with van der Waals surface area (Å²) < 4.78 is 2.11. The lowest BCUT2D eigenvalue weighted by molar-refractivity contribution is -0.463. The zero-order chi connectivity index (χ0) is 12.3. The molecular formula is C14H21N2+. The van der Waals surface area contributed by atoms with Crippen LogP contribution in [0.2, 0.25) is 0 Å². The summed E-state index contributed by atoms with van der Waals surface area (Å²) in [5, 5.41) is 0. The molecular weight excluding hydrogens is 196 g/mol. The maximum Gasteiger partial charge on any atom is 0.225 e. The third-order valence-corrected chi connectivity index (χ3v) is 2.62. The van der Waals surface area contributed by atoms with Crippen molar-refractivity contribution in [2.24, 2.45) is 0 Å². The third-order valence-electron chi connectivity index (χ3n) is 2.62. The molecule has 0 amide bonds. The molecule has 0 saturated heterocycles. The minimum atomic E-state index is 1.08. The second-order valence-corrected chi connectivity index (χ2v) is 4.60. The van der Waals surface area contributed by atoms with E-state index < -0.39 is 0 Å². The first kappa shape index (κ1) is 12.6. The summed E-state index contributed by atoms with van der Waals surface area (Å²) in [5.41, 5.74) is 6.06. The summed E-state index contributed by atoms with van der Waals surface area (Å²) >= 11 is 0. The molecule has 0 unspecified atom stereocenters. The van der Waals surface area contributed by atoms with E-state index in [1.807, 2.05) is 6.20 Å². The largest absolute Gasteiger partial charge is 0.250 e. The number of rotatable bonds is 2. The number of aryl methyl sites for hydroxylation is 1. The van der Waals surface area contributed by atoms with E-state index in [0.29, 0.717) is 0 Å². The van der Waals surface area contributed by atoms with E-state index in [1.54, 1.807) is 0 Å². The van der Waals surface area contributed by atoms with E-state index in [0.717, 1.165) is 5.69 Å². The first-order valence-electron chi connectivity index (χ1n) is 5.55. The molecule has 2 nitrogen and oxygen atoms in total. The number of nitrogens with zero attached hydrogens (tertiary/aromatic N) is 2. The van der Waals surface area contributed by atoms with Crippen LogP contribution in [-0.2, 0) is 0 Å². The van der Waals surface area contributed by atoms with Crippen LogP contribution in [0.1, 0.15) is 30.7 Å². The molecule has 1 rings (SSSR count). The molecule has 0 bridgehead atoms. The van der Waals surface area contributed by atoms with Gasteiger partial charge in [-0.1, -0.05) is 5.57 Å². The Bertz CT molecular complexity index is 446. The first-order chi connectivity index (χ1) is 7.43. The van der Waals surface area contributed by atoms with Crippen molar-refractivity contribution in [3.63, 3.8) is 0 Å². The molecule has 1 aromatic rings. The van der Waals surface area contributed by atoms with E-state index in [9.17, 15) is 0 Å². The highest BCUT2D eigenvalue weighted by Crippen LogP contribution is 2.12. The number of aromatic nitrogens is 1. The van der Waals surface area contributed by atoms with Gasteiger partial charge in [-0.05, 0) is 44.9 Å². The number of hydrogen-bond donors (Lipinski definition) is 0. The second kappa shape index (κ2) is 5.06. The van der Waals surface area contributed by atoms with Gasteiger partial charge in [0.1, 0.15) is 19.8 Å². The summed E-state index contributed by atoms with van der Waals surface area (Å²) in [6, 6.07) is 2.05. The maximum absolute atomic E-state index is 4.49. The molecule has 0 atom stereocenters. The molecule has 86 valence electrons. The Hall–Kier alpha value is -1.44. The molecule has 0 aliphatic carbocycles. The van der Waals surface area contributed by atoms with Gasteiger partial charge in [-0.3, -0.25) is 0 Å². The summed E-state index contributed by atoms with van der Waals surface area (Å²) in [6.07, 6.45) is 4.05. The molecule has 16 heavy (non-hydrogen) atoms. The average molecular weight is 217 g/mol. The minimum Gasteiger partial charge on any atom is -0.250 e. The van der Waals surface area contributed by atoms with Crippen LogP contribution in [0.5, 0.6) is 0 Å². The maximum atomic E-state index is 4.49. The lowest BCUT2D eigenvalue weighted by atomic mass is 10.0. The molecule has 0 radical (unpaired) electrons. The highest BCUT2D eigenvalue weighted by atomic mass is 14.9. The van der Waals surface area contributed by atoms with Crippen LogP contribution < -0.4 is 0 Å². The van der Waals surface area contributed by atoms with E-state index in [-0.39, 0.29) is 0 Å². The topological polar surface area (TPSA) is 15.9 Å². The predicted molar refractivity (Wildman–Crippen MR) is 69.4 cm³/mol. The van der Waals surface area contributed by atoms with Crippen molar-refractivity contribution in [3.8, 4) is 0 Å². The summed E-state index contributed by atoms with van der Waals surface area (Å²) in [6.45, 7) is 8.46. The van der Waals surface area contributed by atoms with E-state index >= 15 is 0 Å². The molecule has 1 heterocycles. The van der Waals surface area contributed by atoms with Crippen LogP contribution in [0.4, 0.5) is 0 Å². The van der Waals surface area contributed by atoms with E-state index in [2.05, 4.69) is 63.5 Å². The van der Waals surface area contributed by atoms with Gasteiger partial charge in [0.25, 0.3) is 0 Å². The standard InChI is InChI=1S/C14H21N2/c1-10(2)9-13(16(5)6)14-12(4)11(3)7-8-15-14/h7-9H,1-6H3/q+1. The zero-order valence-electron chi connectivity index (χ0n) is 11.1. The molecule has 0 spiro atoms. The molecule has 0 aromatic carbocycles. The predicted octanol–water partition coefficient (Wildman–Crippen LogP) is 2.73. The highest BCUT2D eigenvalue weighted by molar-refractivity contribution is 6.05. The van der Waals surface area contributed by atoms with Gasteiger partial charge in [0, 0.05) is 12.3 Å². The van der Waals surface area contributed by atoms with Gasteiger partial charge < -0.3 is 0 Å². The molecule has 0 N–H and O–H groups in total. The second-order valence-electron chi connectivity index (χ2n) is 4.60. The Labute approximate surface area is 98.4 Å².